The average molecular weight is 407 g/mol. The number of ether oxygens (including phenoxy) is 1. The van der Waals surface area contributed by atoms with E-state index in [2.05, 4.69) is 20.9 Å². The Hall–Kier alpha value is -1.77. The molecule has 1 aliphatic carbocycles. The average Bonchev–Trinajstić information content (AvgIpc) is 2.93. The van der Waals surface area contributed by atoms with Gasteiger partial charge in [0.1, 0.15) is 5.52 Å². The monoisotopic (exact) mass is 406 g/mol. The van der Waals surface area contributed by atoms with Crippen LogP contribution in [-0.2, 0) is 4.74 Å². The third kappa shape index (κ3) is 3.35. The molecule has 2 N–H and O–H groups in total. The molecule has 1 atom stereocenters. The Morgan fingerprint density at radius 2 is 2.08 bits per heavy atom. The van der Waals surface area contributed by atoms with Gasteiger partial charge in [-0.1, -0.05) is 0 Å². The van der Waals surface area contributed by atoms with Gasteiger partial charge < -0.3 is 14.9 Å². The first-order valence-corrected chi connectivity index (χ1v) is 8.14. The van der Waals surface area contributed by atoms with Crippen LogP contribution in [0.15, 0.2) is 21.0 Å². The number of primary amides is 1. The van der Waals surface area contributed by atoms with Crippen LogP contribution in [0, 0.1) is 11.7 Å². The predicted molar refractivity (Wildman–Crippen MR) is 82.0 cm³/mol. The van der Waals surface area contributed by atoms with E-state index >= 15 is 0 Å². The highest BCUT2D eigenvalue weighted by Gasteiger charge is 2.41. The van der Waals surface area contributed by atoms with Crippen molar-refractivity contribution < 1.29 is 27.1 Å². The lowest BCUT2D eigenvalue weighted by Crippen LogP contribution is -2.30. The number of hydrogen-bond donors (Lipinski definition) is 1. The number of nitrogens with two attached hydrogens (primary N) is 1. The maximum atomic E-state index is 14.1. The number of fused-ring (bicyclic) bond motifs is 1. The van der Waals surface area contributed by atoms with Gasteiger partial charge in [0, 0.05) is 18.8 Å². The summed E-state index contributed by atoms with van der Waals surface area (Å²) >= 11 is 3.05. The van der Waals surface area contributed by atoms with Crippen molar-refractivity contribution in [2.75, 3.05) is 0 Å². The van der Waals surface area contributed by atoms with Gasteiger partial charge in [0.05, 0.1) is 4.47 Å². The zero-order valence-corrected chi connectivity index (χ0v) is 14.0. The minimum Gasteiger partial charge on any atom is -0.437 e. The molecule has 0 unspecified atom stereocenters. The molecule has 0 saturated heterocycles. The van der Waals surface area contributed by atoms with E-state index in [4.69, 9.17) is 14.9 Å². The smallest absolute Gasteiger partial charge is 0.405 e. The fourth-order valence-electron chi connectivity index (χ4n) is 2.91. The molecule has 1 aromatic carbocycles. The molecular formula is C15H14BrF3N2O3. The number of hydrogen-bond acceptors (Lipinski definition) is 4. The molecule has 3 rings (SSSR count). The minimum absolute atomic E-state index is 0.0291. The fourth-order valence-corrected chi connectivity index (χ4v) is 3.23. The van der Waals surface area contributed by atoms with Crippen LogP contribution in [0.4, 0.5) is 18.0 Å². The molecule has 1 aliphatic rings. The first kappa shape index (κ1) is 17.1. The van der Waals surface area contributed by atoms with E-state index in [-0.39, 0.29) is 47.1 Å². The normalized spacial score (nSPS) is 19.3. The molecule has 1 saturated carbocycles. The van der Waals surface area contributed by atoms with Gasteiger partial charge in [-0.05, 0) is 40.9 Å². The molecule has 1 fully saturated rings. The van der Waals surface area contributed by atoms with E-state index in [1.54, 1.807) is 0 Å². The molecule has 0 bridgehead atoms. The Balaban J connectivity index is 1.94. The second-order valence-corrected chi connectivity index (χ2v) is 6.67. The summed E-state index contributed by atoms with van der Waals surface area (Å²) in [5, 5.41) is 0. The number of amides is 1. The number of alkyl halides is 2. The van der Waals surface area contributed by atoms with Gasteiger partial charge in [0.2, 0.25) is 11.8 Å². The van der Waals surface area contributed by atoms with Crippen LogP contribution >= 0.6 is 15.9 Å². The number of nitrogens with zero attached hydrogens (tertiary/aromatic N) is 1. The van der Waals surface area contributed by atoms with Crippen LogP contribution in [0.25, 0.3) is 11.1 Å². The van der Waals surface area contributed by atoms with Crippen LogP contribution in [0.3, 0.4) is 0 Å². The summed E-state index contributed by atoms with van der Waals surface area (Å²) in [5.74, 6) is -3.81. The standard InChI is InChI=1S/C15H14BrF3N2O3/c16-8-1-2-9-11(10(8)17)21-13(23-9)12(24-14(20)22)7-3-5-15(18,19)6-4-7/h1-2,7,12H,3-6H2,(H2,20,22)/t12-/m0/s1. The lowest BCUT2D eigenvalue weighted by molar-refractivity contribution is -0.0668. The molecular weight excluding hydrogens is 393 g/mol. The molecule has 0 aliphatic heterocycles. The second kappa shape index (κ2) is 6.27. The maximum Gasteiger partial charge on any atom is 0.405 e. The summed E-state index contributed by atoms with van der Waals surface area (Å²) in [6.45, 7) is 0. The third-order valence-corrected chi connectivity index (χ3v) is 4.76. The highest BCUT2D eigenvalue weighted by molar-refractivity contribution is 9.10. The Bertz CT molecular complexity index is 771. The van der Waals surface area contributed by atoms with Crippen molar-refractivity contribution in [2.45, 2.75) is 37.7 Å². The zero-order valence-electron chi connectivity index (χ0n) is 12.4. The van der Waals surface area contributed by atoms with E-state index in [1.165, 1.54) is 12.1 Å². The number of oxazole rings is 1. The van der Waals surface area contributed by atoms with Crippen molar-refractivity contribution in [3.05, 3.63) is 28.3 Å². The number of carbonyl (C=O) groups is 1. The van der Waals surface area contributed by atoms with Crippen LogP contribution in [-0.4, -0.2) is 17.0 Å². The van der Waals surface area contributed by atoms with E-state index in [0.717, 1.165) is 0 Å². The van der Waals surface area contributed by atoms with Gasteiger partial charge >= 0.3 is 6.09 Å². The summed E-state index contributed by atoms with van der Waals surface area (Å²) < 4.78 is 51.5. The summed E-state index contributed by atoms with van der Waals surface area (Å²) in [6, 6.07) is 2.97. The quantitative estimate of drug-likeness (QED) is 0.801. The Labute approximate surface area is 143 Å². The highest BCUT2D eigenvalue weighted by Crippen LogP contribution is 2.43. The highest BCUT2D eigenvalue weighted by atomic mass is 79.9. The van der Waals surface area contributed by atoms with Crippen molar-refractivity contribution in [1.82, 2.24) is 4.98 Å². The molecule has 1 heterocycles. The molecule has 0 radical (unpaired) electrons. The van der Waals surface area contributed by atoms with Gasteiger partial charge in [0.15, 0.2) is 17.5 Å². The van der Waals surface area contributed by atoms with Crippen molar-refractivity contribution in [1.29, 1.82) is 0 Å². The first-order valence-electron chi connectivity index (χ1n) is 7.35. The van der Waals surface area contributed by atoms with E-state index in [1.807, 2.05) is 0 Å². The molecule has 2 aromatic rings. The number of carbonyl (C=O) groups excluding carboxylic acids is 1. The summed E-state index contributed by atoms with van der Waals surface area (Å²) in [4.78, 5) is 15.2. The van der Waals surface area contributed by atoms with Gasteiger partial charge in [-0.2, -0.15) is 0 Å². The maximum absolute atomic E-state index is 14.1. The lowest BCUT2D eigenvalue weighted by Gasteiger charge is -2.31. The zero-order chi connectivity index (χ0) is 17.5. The first-order chi connectivity index (χ1) is 11.3. The van der Waals surface area contributed by atoms with Crippen LogP contribution in [0.1, 0.15) is 37.7 Å². The summed E-state index contributed by atoms with van der Waals surface area (Å²) in [6.07, 6.45) is -2.50. The fraction of sp³-hybridized carbons (Fsp3) is 0.467. The number of halogens is 4. The van der Waals surface area contributed by atoms with Gasteiger partial charge in [-0.3, -0.25) is 0 Å². The number of benzene rings is 1. The molecule has 1 aromatic heterocycles. The van der Waals surface area contributed by atoms with Crippen molar-refractivity contribution in [3.63, 3.8) is 0 Å². The SMILES string of the molecule is NC(=O)O[C@H](c1nc2c(F)c(Br)ccc2o1)C1CCC(F)(F)CC1. The molecule has 0 spiro atoms. The van der Waals surface area contributed by atoms with Crippen LogP contribution < -0.4 is 5.73 Å². The molecule has 9 heteroatoms. The molecule has 5 nitrogen and oxygen atoms in total. The Morgan fingerprint density at radius 3 is 2.71 bits per heavy atom. The van der Waals surface area contributed by atoms with Crippen molar-refractivity contribution in [2.24, 2.45) is 11.7 Å². The third-order valence-electron chi connectivity index (χ3n) is 4.14. The molecule has 130 valence electrons. The molecule has 1 amide bonds. The van der Waals surface area contributed by atoms with E-state index < -0.39 is 29.9 Å². The van der Waals surface area contributed by atoms with Gasteiger partial charge in [0.25, 0.3) is 0 Å². The summed E-state index contributed by atoms with van der Waals surface area (Å²) in [5.41, 5.74) is 5.22. The van der Waals surface area contributed by atoms with Gasteiger partial charge in [-0.25, -0.2) is 22.9 Å². The van der Waals surface area contributed by atoms with E-state index in [9.17, 15) is 18.0 Å². The minimum atomic E-state index is -2.73. The van der Waals surface area contributed by atoms with Crippen molar-refractivity contribution in [3.8, 4) is 0 Å². The summed E-state index contributed by atoms with van der Waals surface area (Å²) in [7, 11) is 0. The topological polar surface area (TPSA) is 78.4 Å². The second-order valence-electron chi connectivity index (χ2n) is 5.81. The van der Waals surface area contributed by atoms with E-state index in [0.29, 0.717) is 0 Å². The molecule has 24 heavy (non-hydrogen) atoms. The Kier molecular flexibility index (Phi) is 4.46. The largest absolute Gasteiger partial charge is 0.437 e. The van der Waals surface area contributed by atoms with Crippen molar-refractivity contribution >= 4 is 33.1 Å². The van der Waals surface area contributed by atoms with Crippen LogP contribution in [0.5, 0.6) is 0 Å². The van der Waals surface area contributed by atoms with Crippen LogP contribution in [0.2, 0.25) is 0 Å². The number of rotatable bonds is 3. The lowest BCUT2D eigenvalue weighted by atomic mass is 9.83. The Morgan fingerprint density at radius 1 is 1.42 bits per heavy atom. The number of aromatic nitrogens is 1. The predicted octanol–water partition coefficient (Wildman–Crippen LogP) is 4.69. The van der Waals surface area contributed by atoms with Gasteiger partial charge in [-0.15, -0.1) is 0 Å².